The number of carbonyl (C=O) groups excluding carboxylic acids is 1. The van der Waals surface area contributed by atoms with Gasteiger partial charge in [0.2, 0.25) is 0 Å². The van der Waals surface area contributed by atoms with Gasteiger partial charge in [-0.1, -0.05) is 40.2 Å². The lowest BCUT2D eigenvalue weighted by molar-refractivity contribution is -0.128. The average Bonchev–Trinajstić information content (AvgIpc) is 2.35. The van der Waals surface area contributed by atoms with Crippen molar-refractivity contribution in [1.29, 1.82) is 0 Å². The molecule has 0 aliphatic heterocycles. The fourth-order valence-corrected chi connectivity index (χ4v) is 4.03. The Morgan fingerprint density at radius 1 is 1.05 bits per heavy atom. The molecule has 21 heavy (non-hydrogen) atoms. The van der Waals surface area contributed by atoms with Crippen molar-refractivity contribution in [2.45, 2.75) is 27.6 Å². The number of rotatable bonds is 1. The second-order valence-electron chi connectivity index (χ2n) is 8.09. The Labute approximate surface area is 137 Å². The maximum absolute atomic E-state index is 13.2. The predicted molar refractivity (Wildman–Crippen MR) is 106 cm³/mol. The van der Waals surface area contributed by atoms with Crippen LogP contribution in [0.15, 0.2) is 24.3 Å². The summed E-state index contributed by atoms with van der Waals surface area (Å²) in [6, 6.07) is 7.44. The number of carbonyl (C=O) groups is 1. The molecular weight excluding hydrogens is 274 g/mol. The van der Waals surface area contributed by atoms with Gasteiger partial charge in [0.05, 0.1) is 31.4 Å². The summed E-state index contributed by atoms with van der Waals surface area (Å²) in [4.78, 5) is 13.2. The van der Waals surface area contributed by atoms with Crippen LogP contribution >= 0.6 is 11.6 Å². The molecule has 1 aromatic rings. The van der Waals surface area contributed by atoms with Crippen LogP contribution in [0.3, 0.4) is 0 Å². The summed E-state index contributed by atoms with van der Waals surface area (Å²) in [7, 11) is 12.7. The fraction of sp³-hybridized carbons (Fsp3) is 0.417. The van der Waals surface area contributed by atoms with Gasteiger partial charge in [-0.3, -0.25) is 4.79 Å². The fourth-order valence-electron chi connectivity index (χ4n) is 3.73. The number of benzene rings is 1. The molecule has 2 rings (SSSR count). The molecule has 1 aliphatic carbocycles. The largest absolute Gasteiger partial charge is 0.315 e. The van der Waals surface area contributed by atoms with Crippen molar-refractivity contribution >= 4 is 64.5 Å². The number of nitrogens with two attached hydrogens (primary N) is 1. The summed E-state index contributed by atoms with van der Waals surface area (Å²) < 4.78 is 0. The first-order valence-electron chi connectivity index (χ1n) is 7.47. The quantitative estimate of drug-likeness (QED) is 0.549. The molecule has 1 saturated carbocycles. The minimum absolute atomic E-state index is 0.0763. The Morgan fingerprint density at radius 2 is 1.57 bits per heavy atom. The average molecular weight is 295 g/mol. The lowest BCUT2D eigenvalue weighted by Crippen LogP contribution is -2.63. The van der Waals surface area contributed by atoms with E-state index >= 15 is 0 Å². The third-order valence-corrected chi connectivity index (χ3v) is 6.63. The molecule has 2 N–H and O–H groups in total. The molecular formula is C12H20B6ClNO. The van der Waals surface area contributed by atoms with E-state index in [1.807, 2.05) is 33.9 Å². The molecule has 0 amide bonds. The molecule has 2 nitrogen and oxygen atoms in total. The molecule has 1 atom stereocenters. The van der Waals surface area contributed by atoms with Crippen molar-refractivity contribution in [3.8, 4) is 0 Å². The third kappa shape index (κ3) is 2.17. The lowest BCUT2D eigenvalue weighted by atomic mass is 9.13. The van der Waals surface area contributed by atoms with E-state index in [1.165, 1.54) is 0 Å². The van der Waals surface area contributed by atoms with Crippen molar-refractivity contribution in [3.05, 3.63) is 34.9 Å². The van der Waals surface area contributed by atoms with Crippen LogP contribution < -0.4 is 5.73 Å². The Balaban J connectivity index is 2.67. The summed E-state index contributed by atoms with van der Waals surface area (Å²) in [6.45, 7) is 0. The number of hydrogen-bond donors (Lipinski definition) is 1. The third-order valence-electron chi connectivity index (χ3n) is 6.30. The molecule has 1 aromatic carbocycles. The molecule has 0 aromatic heterocycles. The van der Waals surface area contributed by atoms with Crippen LogP contribution in [-0.2, 0) is 10.3 Å². The van der Waals surface area contributed by atoms with Gasteiger partial charge in [0.25, 0.3) is 0 Å². The first-order chi connectivity index (χ1) is 9.38. The minimum Gasteiger partial charge on any atom is -0.315 e. The smallest absolute Gasteiger partial charge is 0.147 e. The summed E-state index contributed by atoms with van der Waals surface area (Å²) in [5, 5.41) is -0.193. The zero-order valence-corrected chi connectivity index (χ0v) is 14.6. The standard InChI is InChI=1S/C12H20B6ClNO/c13-10(14)5-9(20,6-3-1-2-4-7(6)19)8(21)11(15,16)12(10,17)18/h1-4H,5,13-18,20H2. The number of hydrogen-bond acceptors (Lipinski definition) is 2. The van der Waals surface area contributed by atoms with Crippen molar-refractivity contribution in [2.24, 2.45) is 5.73 Å². The summed E-state index contributed by atoms with van der Waals surface area (Å²) in [5.41, 5.74) is 6.38. The van der Waals surface area contributed by atoms with E-state index in [1.54, 1.807) is 6.07 Å². The van der Waals surface area contributed by atoms with Gasteiger partial charge in [0, 0.05) is 5.02 Å². The van der Waals surface area contributed by atoms with Crippen LogP contribution in [0.4, 0.5) is 0 Å². The summed E-state index contributed by atoms with van der Waals surface area (Å²) in [5.74, 6) is 0.0763. The molecule has 1 fully saturated rings. The van der Waals surface area contributed by atoms with E-state index < -0.39 is 10.8 Å². The number of halogens is 1. The Morgan fingerprint density at radius 3 is 2.10 bits per heavy atom. The Hall–Kier alpha value is -0.470. The van der Waals surface area contributed by atoms with E-state index in [9.17, 15) is 4.79 Å². The molecule has 9 heteroatoms. The second-order valence-corrected chi connectivity index (χ2v) is 8.50. The second kappa shape index (κ2) is 4.76. The molecule has 0 heterocycles. The molecule has 0 radical (unpaired) electrons. The minimum atomic E-state index is -1.03. The van der Waals surface area contributed by atoms with Gasteiger partial charge in [0.15, 0.2) is 0 Å². The Kier molecular flexibility index (Phi) is 3.83. The van der Waals surface area contributed by atoms with E-state index in [0.29, 0.717) is 11.4 Å². The van der Waals surface area contributed by atoms with E-state index in [4.69, 9.17) is 17.3 Å². The zero-order chi connectivity index (χ0) is 16.3. The highest BCUT2D eigenvalue weighted by atomic mass is 35.5. The van der Waals surface area contributed by atoms with Crippen LogP contribution in [0.5, 0.6) is 0 Å². The summed E-state index contributed by atoms with van der Waals surface area (Å²) >= 11 is 6.34. The van der Waals surface area contributed by atoms with Crippen molar-refractivity contribution < 1.29 is 4.79 Å². The van der Waals surface area contributed by atoms with Crippen LogP contribution in [0.25, 0.3) is 0 Å². The van der Waals surface area contributed by atoms with Crippen LogP contribution in [0, 0.1) is 0 Å². The van der Waals surface area contributed by atoms with Gasteiger partial charge in [-0.15, -0.1) is 0 Å². The maximum atomic E-state index is 13.2. The van der Waals surface area contributed by atoms with Gasteiger partial charge in [0.1, 0.15) is 27.0 Å². The van der Waals surface area contributed by atoms with Crippen LogP contribution in [0.1, 0.15) is 12.0 Å². The van der Waals surface area contributed by atoms with Crippen LogP contribution in [-0.4, -0.2) is 52.9 Å². The highest BCUT2D eigenvalue weighted by Crippen LogP contribution is 2.65. The lowest BCUT2D eigenvalue weighted by Gasteiger charge is -2.61. The first-order valence-corrected chi connectivity index (χ1v) is 7.84. The predicted octanol–water partition coefficient (Wildman–Crippen LogP) is -3.39. The van der Waals surface area contributed by atoms with E-state index in [2.05, 4.69) is 31.4 Å². The van der Waals surface area contributed by atoms with Crippen LogP contribution in [0.2, 0.25) is 20.7 Å². The monoisotopic (exact) mass is 295 g/mol. The number of Topliss-reactive ketones (excluding diaryl/α,β-unsaturated/α-hetero) is 1. The topological polar surface area (TPSA) is 43.1 Å². The van der Waals surface area contributed by atoms with Gasteiger partial charge in [-0.05, 0) is 23.3 Å². The van der Waals surface area contributed by atoms with Crippen molar-refractivity contribution in [1.82, 2.24) is 0 Å². The van der Waals surface area contributed by atoms with Gasteiger partial charge >= 0.3 is 0 Å². The van der Waals surface area contributed by atoms with E-state index in [0.717, 1.165) is 5.56 Å². The number of ketones is 1. The van der Waals surface area contributed by atoms with Gasteiger partial charge in [-0.25, -0.2) is 0 Å². The first kappa shape index (κ1) is 16.9. The van der Waals surface area contributed by atoms with E-state index in [-0.39, 0.29) is 16.2 Å². The molecule has 1 aliphatic rings. The van der Waals surface area contributed by atoms with Gasteiger partial charge < -0.3 is 5.73 Å². The zero-order valence-electron chi connectivity index (χ0n) is 13.9. The van der Waals surface area contributed by atoms with Gasteiger partial charge in [-0.2, -0.15) is 0 Å². The highest BCUT2D eigenvalue weighted by Gasteiger charge is 2.61. The molecule has 0 saturated heterocycles. The molecule has 1 unspecified atom stereocenters. The molecule has 0 bridgehead atoms. The molecule has 104 valence electrons. The normalized spacial score (nSPS) is 29.9. The van der Waals surface area contributed by atoms with Crippen molar-refractivity contribution in [2.75, 3.05) is 0 Å². The van der Waals surface area contributed by atoms with Crippen molar-refractivity contribution in [3.63, 3.8) is 0 Å². The maximum Gasteiger partial charge on any atom is 0.147 e. The highest BCUT2D eigenvalue weighted by molar-refractivity contribution is 6.67. The Bertz CT molecular complexity index is 605. The molecule has 0 spiro atoms. The SMILES string of the molecule is BC1(B)CC(N)(c2ccccc2Cl)C(=O)C(B)(B)C1(B)B. The summed E-state index contributed by atoms with van der Waals surface area (Å²) in [6.07, 6.45) is 0.596.